The summed E-state index contributed by atoms with van der Waals surface area (Å²) in [4.78, 5) is 0. The van der Waals surface area contributed by atoms with Crippen LogP contribution in [0.15, 0.2) is 24.4 Å². The smallest absolute Gasteiger partial charge is 0.408 e. The topological polar surface area (TPSA) is 43.3 Å². The number of nitrogens with zero attached hydrogens (tertiary/aromatic N) is 1. The minimum atomic E-state index is -4.59. The number of fused-ring (bicyclic) bond motifs is 1. The van der Waals surface area contributed by atoms with E-state index in [0.717, 1.165) is 0 Å². The van der Waals surface area contributed by atoms with E-state index in [1.54, 1.807) is 50.6 Å². The van der Waals surface area contributed by atoms with Crippen LogP contribution in [0.3, 0.4) is 0 Å². The number of aryl methyl sites for hydroxylation is 1. The molecule has 4 nitrogen and oxygen atoms in total. The monoisotopic (exact) mass is 362 g/mol. The molecule has 2 rings (SSSR count). The molecule has 0 saturated carbocycles. The van der Waals surface area contributed by atoms with E-state index in [4.69, 9.17) is 4.74 Å². The quantitative estimate of drug-likeness (QED) is 0.898. The first-order chi connectivity index (χ1) is 10.9. The van der Waals surface area contributed by atoms with Gasteiger partial charge in [0, 0.05) is 29.7 Å². The van der Waals surface area contributed by atoms with E-state index in [-0.39, 0.29) is 5.56 Å². The van der Waals surface area contributed by atoms with Crippen molar-refractivity contribution in [2.24, 2.45) is 7.05 Å². The minimum absolute atomic E-state index is 0.0245. The first-order valence-electron chi connectivity index (χ1n) is 7.33. The molecule has 0 aliphatic rings. The predicted octanol–water partition coefficient (Wildman–Crippen LogP) is 3.84. The van der Waals surface area contributed by atoms with Gasteiger partial charge in [-0.3, -0.25) is 0 Å². The van der Waals surface area contributed by atoms with Gasteiger partial charge in [-0.15, -0.1) is 0 Å². The lowest BCUT2D eigenvalue weighted by atomic mass is 10.1. The summed E-state index contributed by atoms with van der Waals surface area (Å²) in [5, 5.41) is 0.414. The first kappa shape index (κ1) is 18.8. The van der Waals surface area contributed by atoms with Gasteiger partial charge in [0.25, 0.3) is 0 Å². The Labute approximate surface area is 141 Å². The van der Waals surface area contributed by atoms with Gasteiger partial charge >= 0.3 is 6.18 Å². The van der Waals surface area contributed by atoms with Crippen LogP contribution in [-0.2, 0) is 18.0 Å². The summed E-state index contributed by atoms with van der Waals surface area (Å²) in [6.07, 6.45) is -3.17. The van der Waals surface area contributed by atoms with Gasteiger partial charge in [-0.1, -0.05) is 0 Å². The molecule has 134 valence electrons. The molecule has 0 fully saturated rings. The average molecular weight is 362 g/mol. The van der Waals surface area contributed by atoms with Gasteiger partial charge in [-0.05, 0) is 39.0 Å². The molecule has 1 aromatic carbocycles. The van der Waals surface area contributed by atoms with E-state index < -0.39 is 28.0 Å². The van der Waals surface area contributed by atoms with Gasteiger partial charge < -0.3 is 9.30 Å². The highest BCUT2D eigenvalue weighted by Crippen LogP contribution is 2.38. The molecule has 0 bridgehead atoms. The molecule has 24 heavy (non-hydrogen) atoms. The highest BCUT2D eigenvalue weighted by atomic mass is 32.2. The summed E-state index contributed by atoms with van der Waals surface area (Å²) in [7, 11) is 1.26. The summed E-state index contributed by atoms with van der Waals surface area (Å²) in [6, 6.07) is 2.92. The molecule has 0 radical (unpaired) electrons. The maximum absolute atomic E-state index is 13.6. The Kier molecular flexibility index (Phi) is 5.01. The number of hydrogen-bond donors (Lipinski definition) is 1. The van der Waals surface area contributed by atoms with Crippen LogP contribution in [0.4, 0.5) is 13.2 Å². The van der Waals surface area contributed by atoms with E-state index in [2.05, 4.69) is 4.72 Å². The van der Waals surface area contributed by atoms with Crippen LogP contribution >= 0.6 is 0 Å². The van der Waals surface area contributed by atoms with Gasteiger partial charge in [-0.25, -0.2) is 8.93 Å². The van der Waals surface area contributed by atoms with E-state index in [9.17, 15) is 17.4 Å². The van der Waals surface area contributed by atoms with Gasteiger partial charge in [-0.2, -0.15) is 13.2 Å². The van der Waals surface area contributed by atoms with Crippen molar-refractivity contribution in [2.45, 2.75) is 37.7 Å². The van der Waals surface area contributed by atoms with E-state index in [0.29, 0.717) is 16.7 Å². The van der Waals surface area contributed by atoms with E-state index in [1.165, 1.54) is 13.3 Å². The largest absolute Gasteiger partial charge is 0.497 e. The summed E-state index contributed by atoms with van der Waals surface area (Å²) in [6.45, 7) is 4.86. The van der Waals surface area contributed by atoms with E-state index >= 15 is 0 Å². The fourth-order valence-corrected chi connectivity index (χ4v) is 3.18. The molecule has 0 aliphatic heterocycles. The van der Waals surface area contributed by atoms with Crippen LogP contribution in [0.1, 0.15) is 32.4 Å². The number of aromatic nitrogens is 1. The van der Waals surface area contributed by atoms with Crippen molar-refractivity contribution in [3.8, 4) is 5.75 Å². The molecule has 1 N–H and O–H groups in total. The molecule has 1 aromatic heterocycles. The van der Waals surface area contributed by atoms with Crippen LogP contribution < -0.4 is 9.46 Å². The van der Waals surface area contributed by atoms with E-state index in [1.807, 2.05) is 0 Å². The lowest BCUT2D eigenvalue weighted by Crippen LogP contribution is -2.41. The van der Waals surface area contributed by atoms with Crippen LogP contribution in [0, 0.1) is 0 Å². The number of hydrogen-bond acceptors (Lipinski definition) is 2. The van der Waals surface area contributed by atoms with Gasteiger partial charge in [0.15, 0.2) is 0 Å². The number of nitrogens with one attached hydrogen (secondary N) is 1. The summed E-state index contributed by atoms with van der Waals surface area (Å²) >= 11 is 0. The van der Waals surface area contributed by atoms with Crippen LogP contribution in [0.25, 0.3) is 10.9 Å². The van der Waals surface area contributed by atoms with Crippen molar-refractivity contribution >= 4 is 21.9 Å². The lowest BCUT2D eigenvalue weighted by molar-refractivity contribution is -0.152. The molecule has 0 spiro atoms. The standard InChI is InChI=1S/C16H21F3N2O2S/c1-15(2,3)24(22)20-14(16(17,18)19)12-9-21(4)13-7-6-10(23-5)8-11(12)13/h6-9,14,20H,1-5H3. The Balaban J connectivity index is 2.58. The molecule has 8 heteroatoms. The summed E-state index contributed by atoms with van der Waals surface area (Å²) in [5.41, 5.74) is 0.667. The van der Waals surface area contributed by atoms with Crippen LogP contribution in [0.5, 0.6) is 5.75 Å². The predicted molar refractivity (Wildman–Crippen MR) is 89.3 cm³/mol. The van der Waals surface area contributed by atoms with Gasteiger partial charge in [0.2, 0.25) is 0 Å². The average Bonchev–Trinajstić information content (AvgIpc) is 2.78. The second kappa shape index (κ2) is 6.40. The lowest BCUT2D eigenvalue weighted by Gasteiger charge is -2.25. The van der Waals surface area contributed by atoms with Crippen molar-refractivity contribution in [2.75, 3.05) is 7.11 Å². The molecule has 0 amide bonds. The normalized spacial score (nSPS) is 15.5. The fourth-order valence-electron chi connectivity index (χ4n) is 2.35. The molecule has 2 aromatic rings. The Morgan fingerprint density at radius 3 is 2.38 bits per heavy atom. The number of rotatable bonds is 4. The molecule has 0 saturated heterocycles. The zero-order chi connectivity index (χ0) is 18.3. The number of alkyl halides is 3. The molecule has 2 atom stereocenters. The SMILES string of the molecule is COc1ccc2c(c1)c(C(NS(=O)C(C)(C)C)C(F)(F)F)cn2C. The highest BCUT2D eigenvalue weighted by molar-refractivity contribution is 7.84. The Morgan fingerprint density at radius 2 is 1.88 bits per heavy atom. The maximum atomic E-state index is 13.6. The third-order valence-corrected chi connectivity index (χ3v) is 5.21. The molecule has 2 unspecified atom stereocenters. The molecule has 0 aliphatic carbocycles. The fraction of sp³-hybridized carbons (Fsp3) is 0.500. The van der Waals surface area contributed by atoms with Gasteiger partial charge in [0.1, 0.15) is 11.8 Å². The Hall–Kier alpha value is -1.54. The zero-order valence-electron chi connectivity index (χ0n) is 14.2. The molecular formula is C16H21F3N2O2S. The number of methoxy groups -OCH3 is 1. The summed E-state index contributed by atoms with van der Waals surface area (Å²) < 4.78 is 61.3. The second-order valence-corrected chi connectivity index (χ2v) is 8.55. The van der Waals surface area contributed by atoms with Crippen LogP contribution in [-0.4, -0.2) is 26.8 Å². The second-order valence-electron chi connectivity index (χ2n) is 6.55. The van der Waals surface area contributed by atoms with Gasteiger partial charge in [0.05, 0.1) is 22.8 Å². The first-order valence-corrected chi connectivity index (χ1v) is 8.48. The molecule has 1 heterocycles. The maximum Gasteiger partial charge on any atom is 0.408 e. The minimum Gasteiger partial charge on any atom is -0.497 e. The van der Waals surface area contributed by atoms with Crippen molar-refractivity contribution in [3.05, 3.63) is 30.0 Å². The van der Waals surface area contributed by atoms with Crippen molar-refractivity contribution in [1.82, 2.24) is 9.29 Å². The number of halogens is 3. The number of benzene rings is 1. The summed E-state index contributed by atoms with van der Waals surface area (Å²) in [5.74, 6) is 0.466. The Morgan fingerprint density at radius 1 is 1.25 bits per heavy atom. The highest BCUT2D eigenvalue weighted by Gasteiger charge is 2.44. The van der Waals surface area contributed by atoms with Crippen molar-refractivity contribution in [1.29, 1.82) is 0 Å². The third kappa shape index (κ3) is 3.75. The van der Waals surface area contributed by atoms with Crippen LogP contribution in [0.2, 0.25) is 0 Å². The molecular weight excluding hydrogens is 341 g/mol. The zero-order valence-corrected chi connectivity index (χ0v) is 15.0. The Bertz CT molecular complexity index is 763. The number of ether oxygens (including phenoxy) is 1. The van der Waals surface area contributed by atoms with Crippen molar-refractivity contribution < 1.29 is 22.1 Å². The third-order valence-electron chi connectivity index (χ3n) is 3.65. The van der Waals surface area contributed by atoms with Crippen molar-refractivity contribution in [3.63, 3.8) is 0 Å².